The Labute approximate surface area is 174 Å². The molecule has 2 N–H and O–H groups in total. The van der Waals surface area contributed by atoms with E-state index in [2.05, 4.69) is 10.3 Å². The summed E-state index contributed by atoms with van der Waals surface area (Å²) in [7, 11) is 1.61. The summed E-state index contributed by atoms with van der Waals surface area (Å²) in [6.07, 6.45) is 0.437. The number of carbonyl (C=O) groups excluding carboxylic acids is 1. The molecule has 0 aliphatic carbocycles. The summed E-state index contributed by atoms with van der Waals surface area (Å²) in [5.41, 5.74) is 3.87. The molecule has 1 heterocycles. The van der Waals surface area contributed by atoms with Crippen molar-refractivity contribution < 1.29 is 9.53 Å². The first-order valence-corrected chi connectivity index (χ1v) is 9.78. The number of H-pyrrole nitrogens is 1. The van der Waals surface area contributed by atoms with Crippen LogP contribution in [0.1, 0.15) is 15.9 Å². The van der Waals surface area contributed by atoms with Crippen molar-refractivity contribution in [1.82, 2.24) is 10.3 Å². The van der Waals surface area contributed by atoms with Crippen LogP contribution in [0.3, 0.4) is 0 Å². The molecule has 0 saturated heterocycles. The molecule has 5 nitrogen and oxygen atoms in total. The van der Waals surface area contributed by atoms with Crippen LogP contribution >= 0.6 is 0 Å². The van der Waals surface area contributed by atoms with Crippen LogP contribution in [0, 0.1) is 0 Å². The standard InChI is InChI=1S/C25H22N2O3/c1-30-22-10-11-23-21(16-22)15-20(25(29)27-23)12-13-26-24(28)19-9-5-8-18(14-19)17-6-3-2-4-7-17/h2-11,14-16H,12-13H2,1H3,(H,26,28)(H,27,29). The number of ether oxygens (including phenoxy) is 1. The van der Waals surface area contributed by atoms with Gasteiger partial charge < -0.3 is 15.0 Å². The van der Waals surface area contributed by atoms with Gasteiger partial charge in [-0.2, -0.15) is 0 Å². The molecule has 150 valence electrons. The first-order chi connectivity index (χ1) is 14.6. The number of nitrogens with one attached hydrogen (secondary N) is 2. The number of rotatable bonds is 6. The molecule has 0 bridgehead atoms. The van der Waals surface area contributed by atoms with Gasteiger partial charge in [-0.05, 0) is 53.9 Å². The molecule has 0 unspecified atom stereocenters. The zero-order valence-corrected chi connectivity index (χ0v) is 16.6. The van der Waals surface area contributed by atoms with Gasteiger partial charge in [-0.15, -0.1) is 0 Å². The summed E-state index contributed by atoms with van der Waals surface area (Å²) in [5, 5.41) is 3.80. The number of aromatic nitrogens is 1. The van der Waals surface area contributed by atoms with E-state index in [9.17, 15) is 9.59 Å². The number of amides is 1. The van der Waals surface area contributed by atoms with Gasteiger partial charge in [-0.25, -0.2) is 0 Å². The largest absolute Gasteiger partial charge is 0.497 e. The van der Waals surface area contributed by atoms with Crippen LogP contribution in [0.5, 0.6) is 5.75 Å². The highest BCUT2D eigenvalue weighted by Gasteiger charge is 2.09. The number of hydrogen-bond acceptors (Lipinski definition) is 3. The van der Waals surface area contributed by atoms with E-state index < -0.39 is 0 Å². The summed E-state index contributed by atoms with van der Waals surface area (Å²) >= 11 is 0. The number of hydrogen-bond donors (Lipinski definition) is 2. The third-order valence-corrected chi connectivity index (χ3v) is 5.04. The van der Waals surface area contributed by atoms with Gasteiger partial charge in [-0.1, -0.05) is 42.5 Å². The predicted octanol–water partition coefficient (Wildman–Crippen LogP) is 4.18. The van der Waals surface area contributed by atoms with Crippen molar-refractivity contribution in [2.24, 2.45) is 0 Å². The van der Waals surface area contributed by atoms with Crippen molar-refractivity contribution >= 4 is 16.8 Å². The highest BCUT2D eigenvalue weighted by Crippen LogP contribution is 2.20. The molecule has 0 aliphatic rings. The third-order valence-electron chi connectivity index (χ3n) is 5.04. The van der Waals surface area contributed by atoms with Gasteiger partial charge in [0.25, 0.3) is 11.5 Å². The lowest BCUT2D eigenvalue weighted by molar-refractivity contribution is 0.0954. The Morgan fingerprint density at radius 1 is 0.933 bits per heavy atom. The average Bonchev–Trinajstić information content (AvgIpc) is 2.79. The average molecular weight is 398 g/mol. The van der Waals surface area contributed by atoms with Crippen LogP contribution in [-0.4, -0.2) is 24.5 Å². The maximum atomic E-state index is 12.6. The summed E-state index contributed by atoms with van der Waals surface area (Å²) in [4.78, 5) is 27.8. The first-order valence-electron chi connectivity index (χ1n) is 9.78. The fourth-order valence-corrected chi connectivity index (χ4v) is 3.43. The van der Waals surface area contributed by atoms with Crippen molar-refractivity contribution in [3.05, 3.63) is 100 Å². The van der Waals surface area contributed by atoms with E-state index in [-0.39, 0.29) is 11.5 Å². The number of carbonyl (C=O) groups is 1. The van der Waals surface area contributed by atoms with Gasteiger partial charge in [0.05, 0.1) is 7.11 Å². The Kier molecular flexibility index (Phi) is 5.61. The normalized spacial score (nSPS) is 10.7. The minimum atomic E-state index is -0.160. The summed E-state index contributed by atoms with van der Waals surface area (Å²) in [6, 6.07) is 24.8. The van der Waals surface area contributed by atoms with Crippen molar-refractivity contribution in [2.75, 3.05) is 13.7 Å². The van der Waals surface area contributed by atoms with Gasteiger partial charge in [0, 0.05) is 28.6 Å². The molecule has 0 spiro atoms. The molecule has 0 atom stereocenters. The van der Waals surface area contributed by atoms with Crippen molar-refractivity contribution in [3.8, 4) is 16.9 Å². The smallest absolute Gasteiger partial charge is 0.251 e. The molecule has 30 heavy (non-hydrogen) atoms. The molecule has 5 heteroatoms. The van der Waals surface area contributed by atoms with E-state index >= 15 is 0 Å². The van der Waals surface area contributed by atoms with E-state index in [1.54, 1.807) is 13.2 Å². The Balaban J connectivity index is 1.45. The van der Waals surface area contributed by atoms with Crippen LogP contribution in [-0.2, 0) is 6.42 Å². The van der Waals surface area contributed by atoms with Crippen LogP contribution in [0.15, 0.2) is 83.7 Å². The molecule has 0 fully saturated rings. The maximum Gasteiger partial charge on any atom is 0.251 e. The zero-order chi connectivity index (χ0) is 20.9. The van der Waals surface area contributed by atoms with Crippen LogP contribution in [0.25, 0.3) is 22.0 Å². The first kappa shape index (κ1) is 19.5. The SMILES string of the molecule is COc1ccc2[nH]c(=O)c(CCNC(=O)c3cccc(-c4ccccc4)c3)cc2c1. The van der Waals surface area contributed by atoms with E-state index in [1.165, 1.54) is 0 Å². The van der Waals surface area contributed by atoms with E-state index in [0.29, 0.717) is 24.1 Å². The lowest BCUT2D eigenvalue weighted by Gasteiger charge is -2.08. The molecule has 4 aromatic rings. The molecular formula is C25H22N2O3. The van der Waals surface area contributed by atoms with Crippen LogP contribution < -0.4 is 15.6 Å². The number of benzene rings is 3. The topological polar surface area (TPSA) is 71.2 Å². The van der Waals surface area contributed by atoms with Gasteiger partial charge >= 0.3 is 0 Å². The number of aromatic amines is 1. The molecule has 1 amide bonds. The van der Waals surface area contributed by atoms with Gasteiger partial charge in [0.1, 0.15) is 5.75 Å². The number of pyridine rings is 1. The second-order valence-corrected chi connectivity index (χ2v) is 7.03. The Hall–Kier alpha value is -3.86. The predicted molar refractivity (Wildman–Crippen MR) is 119 cm³/mol. The molecular weight excluding hydrogens is 376 g/mol. The van der Waals surface area contributed by atoms with Crippen molar-refractivity contribution in [1.29, 1.82) is 0 Å². The highest BCUT2D eigenvalue weighted by molar-refractivity contribution is 5.95. The number of fused-ring (bicyclic) bond motifs is 1. The third kappa shape index (κ3) is 4.25. The second kappa shape index (κ2) is 8.66. The van der Waals surface area contributed by atoms with Crippen LogP contribution in [0.4, 0.5) is 0 Å². The van der Waals surface area contributed by atoms with Crippen molar-refractivity contribution in [2.45, 2.75) is 6.42 Å². The zero-order valence-electron chi connectivity index (χ0n) is 16.6. The van der Waals surface area contributed by atoms with Crippen molar-refractivity contribution in [3.63, 3.8) is 0 Å². The molecule has 4 rings (SSSR count). The van der Waals surface area contributed by atoms with Gasteiger partial charge in [0.2, 0.25) is 0 Å². The Bertz CT molecular complexity index is 1250. The summed E-state index contributed by atoms with van der Waals surface area (Å²) in [6.45, 7) is 0.368. The molecule has 0 saturated carbocycles. The Morgan fingerprint density at radius 2 is 1.73 bits per heavy atom. The molecule has 0 aliphatic heterocycles. The lowest BCUT2D eigenvalue weighted by atomic mass is 10.0. The summed E-state index contributed by atoms with van der Waals surface area (Å²) < 4.78 is 5.25. The van der Waals surface area contributed by atoms with E-state index in [1.807, 2.05) is 72.8 Å². The number of methoxy groups -OCH3 is 1. The minimum Gasteiger partial charge on any atom is -0.497 e. The fraction of sp³-hybridized carbons (Fsp3) is 0.120. The quantitative estimate of drug-likeness (QED) is 0.512. The highest BCUT2D eigenvalue weighted by atomic mass is 16.5. The van der Waals surface area contributed by atoms with Gasteiger partial charge in [-0.3, -0.25) is 9.59 Å². The lowest BCUT2D eigenvalue weighted by Crippen LogP contribution is -2.27. The van der Waals surface area contributed by atoms with Crippen LogP contribution in [0.2, 0.25) is 0 Å². The fourth-order valence-electron chi connectivity index (χ4n) is 3.43. The minimum absolute atomic E-state index is 0.145. The van der Waals surface area contributed by atoms with E-state index in [0.717, 1.165) is 27.8 Å². The van der Waals surface area contributed by atoms with E-state index in [4.69, 9.17) is 4.74 Å². The summed E-state index contributed by atoms with van der Waals surface area (Å²) in [5.74, 6) is 0.568. The maximum absolute atomic E-state index is 12.6. The molecule has 3 aromatic carbocycles. The second-order valence-electron chi connectivity index (χ2n) is 7.03. The monoisotopic (exact) mass is 398 g/mol. The molecule has 0 radical (unpaired) electrons. The molecule has 1 aromatic heterocycles. The Morgan fingerprint density at radius 3 is 2.53 bits per heavy atom. The van der Waals surface area contributed by atoms with Gasteiger partial charge in [0.15, 0.2) is 0 Å².